The lowest BCUT2D eigenvalue weighted by Gasteiger charge is -2.41. The van der Waals surface area contributed by atoms with Crippen LogP contribution in [0.5, 0.6) is 0 Å². The summed E-state index contributed by atoms with van der Waals surface area (Å²) in [7, 11) is 0. The number of nitrogens with zero attached hydrogens (tertiary/aromatic N) is 7. The van der Waals surface area contributed by atoms with E-state index in [0.717, 1.165) is 36.4 Å². The van der Waals surface area contributed by atoms with Crippen molar-refractivity contribution >= 4 is 81.0 Å². The number of thioether (sulfide) groups is 1. The number of piperazine rings is 1. The summed E-state index contributed by atoms with van der Waals surface area (Å²) < 4.78 is 23.9. The number of amides is 5. The van der Waals surface area contributed by atoms with Gasteiger partial charge in [-0.3, -0.25) is 34.1 Å². The molecule has 5 aliphatic heterocycles. The Morgan fingerprint density at radius 2 is 1.65 bits per heavy atom. The van der Waals surface area contributed by atoms with E-state index in [1.807, 2.05) is 6.92 Å². The maximum absolute atomic E-state index is 13.4. The molecule has 24 heteroatoms. The molecule has 1 unspecified atom stereocenters. The van der Waals surface area contributed by atoms with Crippen molar-refractivity contribution in [2.24, 2.45) is 11.1 Å². The fourth-order valence-electron chi connectivity index (χ4n) is 9.79. The van der Waals surface area contributed by atoms with Crippen molar-refractivity contribution in [1.82, 2.24) is 40.2 Å². The minimum Gasteiger partial charge on any atom is -0.382 e. The van der Waals surface area contributed by atoms with Gasteiger partial charge in [0.15, 0.2) is 5.82 Å². The second kappa shape index (κ2) is 25.7. The van der Waals surface area contributed by atoms with Gasteiger partial charge in [-0.25, -0.2) is 14.6 Å². The zero-order chi connectivity index (χ0) is 53.1. The number of imide groups is 1. The first-order chi connectivity index (χ1) is 36.2. The van der Waals surface area contributed by atoms with E-state index in [1.165, 1.54) is 18.0 Å². The quantitative estimate of drug-likeness (QED) is 0.0804. The third-order valence-electron chi connectivity index (χ3n) is 14.3. The highest BCUT2D eigenvalue weighted by atomic mass is 35.5. The van der Waals surface area contributed by atoms with Crippen LogP contribution in [0, 0.1) is 5.41 Å². The van der Waals surface area contributed by atoms with Crippen LogP contribution in [-0.2, 0) is 42.9 Å². The minimum atomic E-state index is -0.856. The number of piperidine rings is 2. The summed E-state index contributed by atoms with van der Waals surface area (Å²) in [5.41, 5.74) is 7.80. The summed E-state index contributed by atoms with van der Waals surface area (Å²) in [6.07, 6.45) is 7.42. The number of carbonyl (C=O) groups excluding carboxylic acids is 5. The second-order valence-electron chi connectivity index (χ2n) is 19.1. The zero-order valence-corrected chi connectivity index (χ0v) is 44.1. The van der Waals surface area contributed by atoms with Gasteiger partial charge in [-0.05, 0) is 44.7 Å². The van der Waals surface area contributed by atoms with Crippen LogP contribution in [0.25, 0.3) is 10.8 Å². The molecule has 6 N–H and O–H groups in total. The molecule has 3 atom stereocenters. The first kappa shape index (κ1) is 55.3. The molecular weight excluding hydrogens is 1010 g/mol. The lowest BCUT2D eigenvalue weighted by molar-refractivity contribution is -0.140. The lowest BCUT2D eigenvalue weighted by atomic mass is 9.73. The predicted octanol–water partition coefficient (Wildman–Crippen LogP) is 3.04. The number of hydrogen-bond acceptors (Lipinski definition) is 18. The van der Waals surface area contributed by atoms with Crippen molar-refractivity contribution in [3.63, 3.8) is 0 Å². The summed E-state index contributed by atoms with van der Waals surface area (Å²) >= 11 is 8.29. The molecule has 7 heterocycles. The maximum atomic E-state index is 13.4. The number of allylic oxidation sites excluding steroid dienone is 2. The number of aromatic nitrogens is 4. The molecule has 0 aliphatic carbocycles. The summed E-state index contributed by atoms with van der Waals surface area (Å²) in [6.45, 7) is 14.6. The van der Waals surface area contributed by atoms with Crippen LogP contribution in [0.3, 0.4) is 0 Å². The number of hydrogen-bond donors (Lipinski definition) is 5. The average molecular weight is 1080 g/mol. The van der Waals surface area contributed by atoms with Crippen LogP contribution in [0.2, 0.25) is 0 Å². The van der Waals surface area contributed by atoms with E-state index < -0.39 is 17.5 Å². The molecule has 5 aliphatic rings. The number of ether oxygens (including phenoxy) is 4. The van der Waals surface area contributed by atoms with E-state index in [-0.39, 0.29) is 79.9 Å². The SMILES string of the molecule is C=C1CNc2nc(N3CCC4(CC3)CO[C@@H](C)[C@H]4N)cnc2S/C1=C(Cl)/C(=C\C)NC(=O)CCC(=O)N1CCN(C(=O)CCOCCOCCOCCNc2cccc3cnn(C4CCC(=O)NC4=O)c(=O)c23)CC1. The van der Waals surface area contributed by atoms with Crippen molar-refractivity contribution in [1.29, 1.82) is 0 Å². The van der Waals surface area contributed by atoms with Crippen molar-refractivity contribution in [3.05, 3.63) is 74.8 Å². The van der Waals surface area contributed by atoms with Crippen LogP contribution >= 0.6 is 23.4 Å². The number of carbonyl (C=O) groups is 5. The minimum absolute atomic E-state index is 0.000892. The molecule has 1 spiro atoms. The van der Waals surface area contributed by atoms with Gasteiger partial charge in [0.05, 0.1) is 87.3 Å². The molecule has 4 saturated heterocycles. The van der Waals surface area contributed by atoms with Crippen molar-refractivity contribution < 1.29 is 42.9 Å². The van der Waals surface area contributed by atoms with Gasteiger partial charge in [0, 0.05) is 99.1 Å². The Morgan fingerprint density at radius 1 is 0.960 bits per heavy atom. The van der Waals surface area contributed by atoms with Gasteiger partial charge in [0.1, 0.15) is 16.9 Å². The van der Waals surface area contributed by atoms with E-state index >= 15 is 0 Å². The van der Waals surface area contributed by atoms with Gasteiger partial charge < -0.3 is 55.3 Å². The topological polar surface area (TPSA) is 267 Å². The Morgan fingerprint density at radius 3 is 2.33 bits per heavy atom. The Kier molecular flexibility index (Phi) is 19.0. The predicted molar refractivity (Wildman–Crippen MR) is 283 cm³/mol. The summed E-state index contributed by atoms with van der Waals surface area (Å²) in [6, 6.07) is 4.51. The second-order valence-corrected chi connectivity index (χ2v) is 20.5. The highest BCUT2D eigenvalue weighted by Crippen LogP contribution is 2.44. The molecule has 8 rings (SSSR count). The van der Waals surface area contributed by atoms with E-state index in [9.17, 15) is 28.8 Å². The molecule has 1 aromatic carbocycles. The summed E-state index contributed by atoms with van der Waals surface area (Å²) in [5, 5.41) is 17.9. The molecule has 22 nitrogen and oxygen atoms in total. The van der Waals surface area contributed by atoms with Crippen LogP contribution in [0.15, 0.2) is 74.3 Å². The molecular formula is C51H67ClN12O10S. The van der Waals surface area contributed by atoms with Crippen LogP contribution in [0.1, 0.15) is 64.8 Å². The fourth-order valence-corrected chi connectivity index (χ4v) is 11.1. The third-order valence-corrected chi connectivity index (χ3v) is 16.0. The Labute approximate surface area is 444 Å². The Hall–Kier alpha value is -5.95. The first-order valence-electron chi connectivity index (χ1n) is 25.6. The summed E-state index contributed by atoms with van der Waals surface area (Å²) in [4.78, 5) is 92.6. The van der Waals surface area contributed by atoms with Gasteiger partial charge in [-0.15, -0.1) is 0 Å². The van der Waals surface area contributed by atoms with Crippen LogP contribution in [-0.4, -0.2) is 170 Å². The molecule has 0 radical (unpaired) electrons. The zero-order valence-electron chi connectivity index (χ0n) is 42.5. The standard InChI is InChI=1S/C51H67ClN12O10S/c1-4-35(44(52)45-32(2)28-55-47-49(75-45)56-30-38(59-47)61-16-13-51(14-17-61)31-74-33(3)46(51)53)58-39(65)10-11-41(67)62-18-20-63(21-19-62)42(68)12-22-71-24-26-73-27-25-72-23-15-54-36-7-5-6-34-29-57-64(50(70)43(34)36)37-8-9-40(66)60-48(37)69/h4-7,29-30,33,37,46,54H,2,8-28,31,53H2,1,3H3,(H,55,59)(H,58,65)(H,60,66,69)/b35-4+,45-44-/t33-,37?,46+/m0/s1. The number of anilines is 3. The molecule has 4 fully saturated rings. The van der Waals surface area contributed by atoms with E-state index in [2.05, 4.69) is 37.8 Å². The van der Waals surface area contributed by atoms with Gasteiger partial charge >= 0.3 is 0 Å². The average Bonchev–Trinajstić information content (AvgIpc) is 3.57. The molecule has 3 aromatic rings. The monoisotopic (exact) mass is 1070 g/mol. The van der Waals surface area contributed by atoms with Gasteiger partial charge in [-0.2, -0.15) is 5.10 Å². The number of fused-ring (bicyclic) bond motifs is 2. The summed E-state index contributed by atoms with van der Waals surface area (Å²) in [5.74, 6) is -0.0900. The largest absolute Gasteiger partial charge is 0.382 e. The lowest BCUT2D eigenvalue weighted by Crippen LogP contribution is -2.50. The first-order valence-corrected chi connectivity index (χ1v) is 26.8. The number of benzene rings is 1. The Balaban J connectivity index is 0.670. The molecule has 0 bridgehead atoms. The highest BCUT2D eigenvalue weighted by Gasteiger charge is 2.47. The van der Waals surface area contributed by atoms with Gasteiger partial charge in [-0.1, -0.05) is 48.2 Å². The molecule has 0 saturated carbocycles. The number of nitrogens with one attached hydrogen (secondary N) is 4. The van der Waals surface area contributed by atoms with Crippen LogP contribution < -0.4 is 37.5 Å². The number of nitrogens with two attached hydrogens (primary N) is 1. The molecule has 75 heavy (non-hydrogen) atoms. The van der Waals surface area contributed by atoms with Gasteiger partial charge in [0.2, 0.25) is 23.6 Å². The molecule has 404 valence electrons. The van der Waals surface area contributed by atoms with Crippen LogP contribution in [0.4, 0.5) is 17.3 Å². The number of halogens is 1. The van der Waals surface area contributed by atoms with Crippen molar-refractivity contribution in [3.8, 4) is 0 Å². The van der Waals surface area contributed by atoms with E-state index in [4.69, 9.17) is 46.3 Å². The Bertz CT molecular complexity index is 2740. The normalized spacial score (nSPS) is 21.7. The van der Waals surface area contributed by atoms with E-state index in [1.54, 1.807) is 47.2 Å². The van der Waals surface area contributed by atoms with Crippen molar-refractivity contribution in [2.45, 2.75) is 82.0 Å². The highest BCUT2D eigenvalue weighted by molar-refractivity contribution is 8.03. The molecule has 5 amide bonds. The molecule has 2 aromatic heterocycles. The van der Waals surface area contributed by atoms with Gasteiger partial charge in [0.25, 0.3) is 11.5 Å². The third kappa shape index (κ3) is 13.5. The fraction of sp³-hybridized carbons (Fsp3) is 0.549. The number of rotatable bonds is 20. The van der Waals surface area contributed by atoms with Crippen molar-refractivity contribution in [2.75, 3.05) is 114 Å². The smallest absolute Gasteiger partial charge is 0.277 e. The maximum Gasteiger partial charge on any atom is 0.277 e. The van der Waals surface area contributed by atoms with E-state index in [0.29, 0.717) is 127 Å².